The molecule has 4 nitrogen and oxygen atoms in total. The molecule has 1 rings (SSSR count). The molecule has 1 N–H and O–H groups in total. The molecule has 1 saturated carbocycles. The van der Waals surface area contributed by atoms with Gasteiger partial charge in [0.2, 0.25) is 0 Å². The summed E-state index contributed by atoms with van der Waals surface area (Å²) in [6, 6.07) is -0.276. The quantitative estimate of drug-likeness (QED) is 0.553. The lowest BCUT2D eigenvalue weighted by atomic mass is 9.77. The summed E-state index contributed by atoms with van der Waals surface area (Å²) in [6.45, 7) is 4.31. The Kier molecular flexibility index (Phi) is 3.77. The largest absolute Gasteiger partial charge is 0.385 e. The van der Waals surface area contributed by atoms with Crippen LogP contribution in [-0.2, 0) is 4.74 Å². The number of nitrogens with zero attached hydrogens (tertiary/aromatic N) is 1. The summed E-state index contributed by atoms with van der Waals surface area (Å²) in [5.41, 5.74) is -0.151. The molecule has 0 aliphatic heterocycles. The van der Waals surface area contributed by atoms with Crippen LogP contribution in [0.15, 0.2) is 17.3 Å². The van der Waals surface area contributed by atoms with Gasteiger partial charge in [-0.3, -0.25) is 0 Å². The van der Waals surface area contributed by atoms with E-state index in [1.165, 1.54) is 0 Å². The number of hydrogen-bond donors (Lipinski definition) is 1. The highest BCUT2D eigenvalue weighted by atomic mass is 16.5. The SMILES string of the molecule is C=C1CC[C@H](N=O)C[C@@]1(O)CCOC. The third-order valence-corrected chi connectivity index (χ3v) is 2.88. The highest BCUT2D eigenvalue weighted by molar-refractivity contribution is 5.17. The number of hydrogen-bond acceptors (Lipinski definition) is 4. The summed E-state index contributed by atoms with van der Waals surface area (Å²) in [7, 11) is 1.59. The van der Waals surface area contributed by atoms with E-state index in [4.69, 9.17) is 4.74 Å². The first-order chi connectivity index (χ1) is 6.62. The molecule has 0 heterocycles. The predicted molar refractivity (Wildman–Crippen MR) is 54.0 cm³/mol. The highest BCUT2D eigenvalue weighted by Gasteiger charge is 2.37. The Morgan fingerprint density at radius 1 is 1.79 bits per heavy atom. The van der Waals surface area contributed by atoms with Crippen molar-refractivity contribution in [2.45, 2.75) is 37.3 Å². The molecule has 80 valence electrons. The molecule has 1 aliphatic carbocycles. The Bertz CT molecular complexity index is 229. The van der Waals surface area contributed by atoms with Gasteiger partial charge in [0.15, 0.2) is 0 Å². The lowest BCUT2D eigenvalue weighted by Crippen LogP contribution is -2.39. The molecule has 0 spiro atoms. The summed E-state index contributed by atoms with van der Waals surface area (Å²) in [5.74, 6) is 0. The first-order valence-electron chi connectivity index (χ1n) is 4.84. The Balaban J connectivity index is 2.61. The van der Waals surface area contributed by atoms with Crippen molar-refractivity contribution >= 4 is 0 Å². The highest BCUT2D eigenvalue weighted by Crippen LogP contribution is 2.36. The summed E-state index contributed by atoms with van der Waals surface area (Å²) in [6.07, 6.45) is 2.27. The molecule has 0 saturated heterocycles. The Hall–Kier alpha value is -0.740. The van der Waals surface area contributed by atoms with Gasteiger partial charge in [0.05, 0.1) is 11.6 Å². The van der Waals surface area contributed by atoms with E-state index in [0.29, 0.717) is 32.3 Å². The minimum absolute atomic E-state index is 0.276. The van der Waals surface area contributed by atoms with Crippen molar-refractivity contribution in [3.63, 3.8) is 0 Å². The van der Waals surface area contributed by atoms with Crippen LogP contribution in [0.5, 0.6) is 0 Å². The molecule has 0 unspecified atom stereocenters. The zero-order chi connectivity index (χ0) is 10.6. The molecule has 1 fully saturated rings. The third-order valence-electron chi connectivity index (χ3n) is 2.88. The van der Waals surface area contributed by atoms with Crippen LogP contribution in [0.4, 0.5) is 0 Å². The fourth-order valence-corrected chi connectivity index (χ4v) is 1.85. The van der Waals surface area contributed by atoms with E-state index in [0.717, 1.165) is 5.57 Å². The molecule has 0 radical (unpaired) electrons. The van der Waals surface area contributed by atoms with Crippen molar-refractivity contribution < 1.29 is 9.84 Å². The Morgan fingerprint density at radius 2 is 2.50 bits per heavy atom. The molecule has 2 atom stereocenters. The first-order valence-corrected chi connectivity index (χ1v) is 4.84. The number of rotatable bonds is 4. The van der Waals surface area contributed by atoms with Crippen LogP contribution < -0.4 is 0 Å². The number of aliphatic hydroxyl groups is 1. The summed E-state index contributed by atoms with van der Waals surface area (Å²) in [4.78, 5) is 10.4. The van der Waals surface area contributed by atoms with E-state index in [-0.39, 0.29) is 6.04 Å². The second-order valence-corrected chi connectivity index (χ2v) is 3.88. The van der Waals surface area contributed by atoms with E-state index >= 15 is 0 Å². The second kappa shape index (κ2) is 4.66. The summed E-state index contributed by atoms with van der Waals surface area (Å²) >= 11 is 0. The van der Waals surface area contributed by atoms with E-state index in [9.17, 15) is 10.0 Å². The number of nitroso groups, excluding NO2 is 1. The third kappa shape index (κ3) is 2.39. The number of methoxy groups -OCH3 is 1. The van der Waals surface area contributed by atoms with Crippen molar-refractivity contribution in [3.05, 3.63) is 17.1 Å². The van der Waals surface area contributed by atoms with Gasteiger partial charge in [-0.15, -0.1) is 0 Å². The van der Waals surface area contributed by atoms with Crippen LogP contribution in [-0.4, -0.2) is 30.5 Å². The van der Waals surface area contributed by atoms with Gasteiger partial charge < -0.3 is 9.84 Å². The van der Waals surface area contributed by atoms with E-state index in [2.05, 4.69) is 11.8 Å². The zero-order valence-electron chi connectivity index (χ0n) is 8.53. The second-order valence-electron chi connectivity index (χ2n) is 3.88. The van der Waals surface area contributed by atoms with Crippen LogP contribution in [0, 0.1) is 4.91 Å². The molecule has 0 aromatic rings. The van der Waals surface area contributed by atoms with Crippen LogP contribution in [0.1, 0.15) is 25.7 Å². The first kappa shape index (κ1) is 11.3. The maximum atomic E-state index is 10.4. The van der Waals surface area contributed by atoms with Crippen molar-refractivity contribution in [3.8, 4) is 0 Å². The van der Waals surface area contributed by atoms with Crippen LogP contribution in [0.2, 0.25) is 0 Å². The maximum Gasteiger partial charge on any atom is 0.0953 e. The molecular formula is C10H17NO3. The molecule has 0 bridgehead atoms. The predicted octanol–water partition coefficient (Wildman–Crippen LogP) is 1.63. The summed E-state index contributed by atoms with van der Waals surface area (Å²) in [5, 5.41) is 13.2. The minimum atomic E-state index is -0.952. The standard InChI is InChI=1S/C10H17NO3/c1-8-3-4-9(11-13)7-10(8,12)5-6-14-2/h9,12H,1,3-7H2,2H3/t9-,10-/m0/s1. The monoisotopic (exact) mass is 199 g/mol. The smallest absolute Gasteiger partial charge is 0.0953 e. The van der Waals surface area contributed by atoms with Crippen LogP contribution in [0.3, 0.4) is 0 Å². The van der Waals surface area contributed by atoms with Crippen molar-refractivity contribution in [1.82, 2.24) is 0 Å². The van der Waals surface area contributed by atoms with Gasteiger partial charge >= 0.3 is 0 Å². The van der Waals surface area contributed by atoms with Gasteiger partial charge in [0.25, 0.3) is 0 Å². The molecule has 1 aliphatic rings. The van der Waals surface area contributed by atoms with E-state index < -0.39 is 5.60 Å². The lowest BCUT2D eigenvalue weighted by Gasteiger charge is -2.36. The van der Waals surface area contributed by atoms with Crippen LogP contribution in [0.25, 0.3) is 0 Å². The molecule has 0 aromatic carbocycles. The Morgan fingerprint density at radius 3 is 3.07 bits per heavy atom. The van der Waals surface area contributed by atoms with Crippen molar-refractivity contribution in [2.24, 2.45) is 5.18 Å². The van der Waals surface area contributed by atoms with Gasteiger partial charge in [-0.1, -0.05) is 11.8 Å². The average Bonchev–Trinajstić information content (AvgIpc) is 2.19. The zero-order valence-corrected chi connectivity index (χ0v) is 8.53. The van der Waals surface area contributed by atoms with E-state index in [1.54, 1.807) is 7.11 Å². The molecule has 0 aromatic heterocycles. The normalized spacial score (nSPS) is 33.0. The maximum absolute atomic E-state index is 10.4. The fourth-order valence-electron chi connectivity index (χ4n) is 1.85. The van der Waals surface area contributed by atoms with Gasteiger partial charge in [-0.05, 0) is 18.4 Å². The van der Waals surface area contributed by atoms with Gasteiger partial charge in [-0.2, -0.15) is 4.91 Å². The fraction of sp³-hybridized carbons (Fsp3) is 0.800. The molecular weight excluding hydrogens is 182 g/mol. The minimum Gasteiger partial charge on any atom is -0.385 e. The topological polar surface area (TPSA) is 58.9 Å². The Labute approximate surface area is 83.9 Å². The van der Waals surface area contributed by atoms with Gasteiger partial charge in [0, 0.05) is 26.6 Å². The molecule has 14 heavy (non-hydrogen) atoms. The van der Waals surface area contributed by atoms with Crippen molar-refractivity contribution in [2.75, 3.05) is 13.7 Å². The summed E-state index contributed by atoms with van der Waals surface area (Å²) < 4.78 is 4.92. The van der Waals surface area contributed by atoms with Crippen molar-refractivity contribution in [1.29, 1.82) is 0 Å². The van der Waals surface area contributed by atoms with Crippen LogP contribution >= 0.6 is 0 Å². The van der Waals surface area contributed by atoms with Gasteiger partial charge in [0.1, 0.15) is 0 Å². The molecule has 0 amide bonds. The number of ether oxygens (including phenoxy) is 1. The molecule has 4 heteroatoms. The average molecular weight is 199 g/mol. The lowest BCUT2D eigenvalue weighted by molar-refractivity contribution is 0.0145. The van der Waals surface area contributed by atoms with Gasteiger partial charge in [-0.25, -0.2) is 0 Å². The van der Waals surface area contributed by atoms with E-state index in [1.807, 2.05) is 0 Å².